The highest BCUT2D eigenvalue weighted by Crippen LogP contribution is 1.87. The smallest absolute Gasteiger partial charge is 0.407 e. The van der Waals surface area contributed by atoms with E-state index in [0.717, 1.165) is 0 Å². The third-order valence-corrected chi connectivity index (χ3v) is 0.951. The van der Waals surface area contributed by atoms with E-state index in [-0.39, 0.29) is 19.1 Å². The number of nitrogens with one attached hydrogen (secondary N) is 1. The second-order valence-corrected chi connectivity index (χ2v) is 2.52. The van der Waals surface area contributed by atoms with Crippen molar-refractivity contribution >= 4 is 12.1 Å². The first-order valence-corrected chi connectivity index (χ1v) is 3.68. The molecule has 5 heteroatoms. The van der Waals surface area contributed by atoms with Crippen LogP contribution in [0.5, 0.6) is 0 Å². The number of rotatable bonds is 4. The minimum absolute atomic E-state index is 0.0901. The Morgan fingerprint density at radius 2 is 2.08 bits per heavy atom. The van der Waals surface area contributed by atoms with Crippen molar-refractivity contribution in [2.24, 2.45) is 0 Å². The van der Waals surface area contributed by atoms with E-state index in [1.807, 2.05) is 0 Å². The van der Waals surface area contributed by atoms with Crippen molar-refractivity contribution in [1.29, 1.82) is 0 Å². The lowest BCUT2D eigenvalue weighted by Crippen LogP contribution is -2.28. The van der Waals surface area contributed by atoms with Crippen LogP contribution in [0.4, 0.5) is 4.79 Å². The zero-order valence-corrected chi connectivity index (χ0v) is 7.16. The zero-order valence-electron chi connectivity index (χ0n) is 7.16. The quantitative estimate of drug-likeness (QED) is 0.655. The summed E-state index contributed by atoms with van der Waals surface area (Å²) in [5, 5.41) is 10.5. The normalized spacial score (nSPS) is 9.58. The van der Waals surface area contributed by atoms with Crippen LogP contribution in [0.1, 0.15) is 20.3 Å². The number of alkyl carbamates (subject to hydrolysis) is 1. The molecule has 0 fully saturated rings. The van der Waals surface area contributed by atoms with E-state index in [9.17, 15) is 9.59 Å². The molecule has 0 aliphatic rings. The Hall–Kier alpha value is -1.26. The molecule has 0 heterocycles. The molecule has 0 bridgehead atoms. The fourth-order valence-corrected chi connectivity index (χ4v) is 0.527. The SMILES string of the molecule is CC(C)OC(=O)NCCC(=O)O. The van der Waals surface area contributed by atoms with E-state index in [1.165, 1.54) is 0 Å². The topological polar surface area (TPSA) is 75.6 Å². The number of carbonyl (C=O) groups excluding carboxylic acids is 1. The Kier molecular flexibility index (Phi) is 4.83. The van der Waals surface area contributed by atoms with Crippen LogP contribution >= 0.6 is 0 Å². The number of hydrogen-bond acceptors (Lipinski definition) is 3. The molecular weight excluding hydrogens is 162 g/mol. The first-order chi connectivity index (χ1) is 5.52. The predicted molar refractivity (Wildman–Crippen MR) is 41.9 cm³/mol. The fourth-order valence-electron chi connectivity index (χ4n) is 0.527. The Labute approximate surface area is 70.7 Å². The minimum atomic E-state index is -0.945. The number of carbonyl (C=O) groups is 2. The number of amides is 1. The lowest BCUT2D eigenvalue weighted by atomic mass is 10.4. The van der Waals surface area contributed by atoms with Crippen molar-refractivity contribution in [1.82, 2.24) is 5.32 Å². The van der Waals surface area contributed by atoms with Gasteiger partial charge in [0.1, 0.15) is 0 Å². The summed E-state index contributed by atoms with van der Waals surface area (Å²) in [6.45, 7) is 3.54. The molecular formula is C7H13NO4. The van der Waals surface area contributed by atoms with Gasteiger partial charge in [0.05, 0.1) is 12.5 Å². The molecule has 0 aliphatic carbocycles. The highest BCUT2D eigenvalue weighted by atomic mass is 16.6. The molecule has 0 atom stereocenters. The Morgan fingerprint density at radius 1 is 1.50 bits per heavy atom. The van der Waals surface area contributed by atoms with E-state index < -0.39 is 12.1 Å². The van der Waals surface area contributed by atoms with Gasteiger partial charge in [-0.15, -0.1) is 0 Å². The van der Waals surface area contributed by atoms with E-state index in [4.69, 9.17) is 5.11 Å². The second kappa shape index (κ2) is 5.40. The molecule has 0 aromatic rings. The van der Waals surface area contributed by atoms with Gasteiger partial charge in [0.15, 0.2) is 0 Å². The molecule has 0 spiro atoms. The van der Waals surface area contributed by atoms with Crippen molar-refractivity contribution in [3.63, 3.8) is 0 Å². The minimum Gasteiger partial charge on any atom is -0.481 e. The summed E-state index contributed by atoms with van der Waals surface area (Å²) < 4.78 is 4.69. The Balaban J connectivity index is 3.38. The Bertz CT molecular complexity index is 167. The molecule has 1 amide bonds. The standard InChI is InChI=1S/C7H13NO4/c1-5(2)12-7(11)8-4-3-6(9)10/h5H,3-4H2,1-2H3,(H,8,11)(H,9,10). The van der Waals surface area contributed by atoms with Crippen LogP contribution in [0.2, 0.25) is 0 Å². The summed E-state index contributed by atoms with van der Waals surface area (Å²) >= 11 is 0. The van der Waals surface area contributed by atoms with Gasteiger partial charge >= 0.3 is 12.1 Å². The van der Waals surface area contributed by atoms with Crippen LogP contribution in [0.15, 0.2) is 0 Å². The van der Waals surface area contributed by atoms with Gasteiger partial charge in [0, 0.05) is 6.54 Å². The molecule has 0 aliphatic heterocycles. The van der Waals surface area contributed by atoms with Gasteiger partial charge in [0.2, 0.25) is 0 Å². The molecule has 0 aromatic carbocycles. The zero-order chi connectivity index (χ0) is 9.56. The predicted octanol–water partition coefficient (Wildman–Crippen LogP) is 0.596. The van der Waals surface area contributed by atoms with Crippen molar-refractivity contribution in [2.75, 3.05) is 6.54 Å². The number of hydrogen-bond donors (Lipinski definition) is 2. The van der Waals surface area contributed by atoms with E-state index in [1.54, 1.807) is 13.8 Å². The van der Waals surface area contributed by atoms with Crippen LogP contribution in [-0.4, -0.2) is 29.8 Å². The van der Waals surface area contributed by atoms with E-state index in [2.05, 4.69) is 10.1 Å². The lowest BCUT2D eigenvalue weighted by molar-refractivity contribution is -0.136. The number of ether oxygens (including phenoxy) is 1. The average Bonchev–Trinajstić information content (AvgIpc) is 1.84. The van der Waals surface area contributed by atoms with Gasteiger partial charge < -0.3 is 15.2 Å². The number of carboxylic acids is 1. The average molecular weight is 175 g/mol. The van der Waals surface area contributed by atoms with E-state index in [0.29, 0.717) is 0 Å². The van der Waals surface area contributed by atoms with Crippen molar-refractivity contribution in [3.8, 4) is 0 Å². The maximum absolute atomic E-state index is 10.7. The highest BCUT2D eigenvalue weighted by Gasteiger charge is 2.04. The molecule has 0 unspecified atom stereocenters. The van der Waals surface area contributed by atoms with Gasteiger partial charge in [-0.1, -0.05) is 0 Å². The second-order valence-electron chi connectivity index (χ2n) is 2.52. The van der Waals surface area contributed by atoms with E-state index >= 15 is 0 Å². The first-order valence-electron chi connectivity index (χ1n) is 3.68. The third-order valence-electron chi connectivity index (χ3n) is 0.951. The van der Waals surface area contributed by atoms with Gasteiger partial charge in [0.25, 0.3) is 0 Å². The van der Waals surface area contributed by atoms with Crippen LogP contribution in [0.3, 0.4) is 0 Å². The molecule has 70 valence electrons. The number of carboxylic acid groups (broad SMARTS) is 1. The van der Waals surface area contributed by atoms with Gasteiger partial charge in [-0.3, -0.25) is 4.79 Å². The summed E-state index contributed by atoms with van der Waals surface area (Å²) in [5.41, 5.74) is 0. The largest absolute Gasteiger partial charge is 0.481 e. The monoisotopic (exact) mass is 175 g/mol. The Morgan fingerprint density at radius 3 is 2.50 bits per heavy atom. The van der Waals surface area contributed by atoms with Gasteiger partial charge in [-0.05, 0) is 13.8 Å². The number of aliphatic carboxylic acids is 1. The summed E-state index contributed by atoms with van der Waals surface area (Å²) in [7, 11) is 0. The molecule has 0 saturated carbocycles. The van der Waals surface area contributed by atoms with Crippen molar-refractivity contribution in [2.45, 2.75) is 26.4 Å². The first kappa shape index (κ1) is 10.7. The molecule has 2 N–H and O–H groups in total. The lowest BCUT2D eigenvalue weighted by Gasteiger charge is -2.07. The molecule has 0 radical (unpaired) electrons. The molecule has 5 nitrogen and oxygen atoms in total. The summed E-state index contributed by atoms with van der Waals surface area (Å²) in [6.07, 6.45) is -0.853. The van der Waals surface area contributed by atoms with Crippen molar-refractivity contribution in [3.05, 3.63) is 0 Å². The molecule has 0 saturated heterocycles. The van der Waals surface area contributed by atoms with Crippen LogP contribution in [0.25, 0.3) is 0 Å². The third kappa shape index (κ3) is 6.85. The van der Waals surface area contributed by atoms with Gasteiger partial charge in [-0.25, -0.2) is 4.79 Å². The maximum atomic E-state index is 10.7. The fraction of sp³-hybridized carbons (Fsp3) is 0.714. The summed E-state index contributed by atoms with van der Waals surface area (Å²) in [6, 6.07) is 0. The summed E-state index contributed by atoms with van der Waals surface area (Å²) in [5.74, 6) is -0.945. The van der Waals surface area contributed by atoms with Gasteiger partial charge in [-0.2, -0.15) is 0 Å². The highest BCUT2D eigenvalue weighted by molar-refractivity contribution is 5.70. The van der Waals surface area contributed by atoms with Crippen LogP contribution in [-0.2, 0) is 9.53 Å². The molecule has 0 rings (SSSR count). The summed E-state index contributed by atoms with van der Waals surface area (Å²) in [4.78, 5) is 20.7. The van der Waals surface area contributed by atoms with Crippen molar-refractivity contribution < 1.29 is 19.4 Å². The molecule has 0 aromatic heterocycles. The molecule has 12 heavy (non-hydrogen) atoms. The maximum Gasteiger partial charge on any atom is 0.407 e. The van der Waals surface area contributed by atoms with Crippen LogP contribution < -0.4 is 5.32 Å². The van der Waals surface area contributed by atoms with Crippen LogP contribution in [0, 0.1) is 0 Å².